The normalized spacial score (nSPS) is 10.8. The monoisotopic (exact) mass is 392 g/mol. The average molecular weight is 392 g/mol. The highest BCUT2D eigenvalue weighted by atomic mass is 16.1. The van der Waals surface area contributed by atoms with Gasteiger partial charge in [0.15, 0.2) is 5.82 Å². The number of aromatic nitrogens is 2. The second-order valence-corrected chi connectivity index (χ2v) is 6.68. The SMILES string of the molecule is Nc1ccc(-c2cnc(NC(=O)c3ccccc3)c(C=Cc3ccccc3)n2)cc1. The van der Waals surface area contributed by atoms with Crippen LogP contribution < -0.4 is 11.1 Å². The Labute approximate surface area is 174 Å². The molecule has 5 nitrogen and oxygen atoms in total. The number of nitrogens with two attached hydrogens (primary N) is 1. The van der Waals surface area contributed by atoms with Crippen LogP contribution in [0.1, 0.15) is 21.6 Å². The zero-order valence-corrected chi connectivity index (χ0v) is 16.2. The molecule has 0 unspecified atom stereocenters. The van der Waals surface area contributed by atoms with E-state index in [1.54, 1.807) is 18.3 Å². The molecule has 0 saturated heterocycles. The molecule has 30 heavy (non-hydrogen) atoms. The van der Waals surface area contributed by atoms with Crippen molar-refractivity contribution in [2.24, 2.45) is 0 Å². The first-order valence-electron chi connectivity index (χ1n) is 9.51. The van der Waals surface area contributed by atoms with E-state index in [0.717, 1.165) is 11.1 Å². The molecule has 4 rings (SSSR count). The van der Waals surface area contributed by atoms with E-state index in [4.69, 9.17) is 10.7 Å². The zero-order valence-electron chi connectivity index (χ0n) is 16.2. The van der Waals surface area contributed by atoms with Gasteiger partial charge < -0.3 is 11.1 Å². The molecule has 0 fully saturated rings. The minimum atomic E-state index is -0.237. The number of benzene rings is 3. The van der Waals surface area contributed by atoms with Crippen molar-refractivity contribution in [2.45, 2.75) is 0 Å². The van der Waals surface area contributed by atoms with Gasteiger partial charge >= 0.3 is 0 Å². The Bertz CT molecular complexity index is 1170. The third kappa shape index (κ3) is 4.59. The van der Waals surface area contributed by atoms with Gasteiger partial charge in [0.05, 0.1) is 11.9 Å². The molecule has 3 aromatic carbocycles. The molecule has 0 radical (unpaired) electrons. The Balaban J connectivity index is 1.70. The van der Waals surface area contributed by atoms with E-state index in [-0.39, 0.29) is 5.91 Å². The number of amides is 1. The van der Waals surface area contributed by atoms with Gasteiger partial charge in [0.2, 0.25) is 0 Å². The van der Waals surface area contributed by atoms with Crippen molar-refractivity contribution >= 4 is 29.6 Å². The number of carbonyl (C=O) groups is 1. The number of hydrogen-bond donors (Lipinski definition) is 2. The molecule has 1 amide bonds. The van der Waals surface area contributed by atoms with E-state index >= 15 is 0 Å². The number of nitrogen functional groups attached to an aromatic ring is 1. The lowest BCUT2D eigenvalue weighted by Crippen LogP contribution is -2.14. The molecule has 4 aromatic rings. The lowest BCUT2D eigenvalue weighted by molar-refractivity contribution is 0.102. The molecule has 0 aliphatic carbocycles. The summed E-state index contributed by atoms with van der Waals surface area (Å²) in [4.78, 5) is 21.8. The van der Waals surface area contributed by atoms with E-state index in [0.29, 0.717) is 28.5 Å². The van der Waals surface area contributed by atoms with Gasteiger partial charge in [-0.1, -0.05) is 66.7 Å². The summed E-state index contributed by atoms with van der Waals surface area (Å²) in [6, 6.07) is 26.3. The molecule has 1 aromatic heterocycles. The van der Waals surface area contributed by atoms with Crippen LogP contribution in [-0.4, -0.2) is 15.9 Å². The Morgan fingerprint density at radius 3 is 2.20 bits per heavy atom. The third-order valence-corrected chi connectivity index (χ3v) is 4.51. The van der Waals surface area contributed by atoms with Crippen LogP contribution in [0.3, 0.4) is 0 Å². The third-order valence-electron chi connectivity index (χ3n) is 4.51. The molecule has 1 heterocycles. The predicted octanol–water partition coefficient (Wildman–Crippen LogP) is 5.15. The van der Waals surface area contributed by atoms with E-state index < -0.39 is 0 Å². The number of rotatable bonds is 5. The van der Waals surface area contributed by atoms with Gasteiger partial charge in [-0.05, 0) is 35.9 Å². The predicted molar refractivity (Wildman–Crippen MR) is 122 cm³/mol. The summed E-state index contributed by atoms with van der Waals surface area (Å²) in [6.45, 7) is 0. The molecule has 0 spiro atoms. The molecule has 0 aliphatic heterocycles. The van der Waals surface area contributed by atoms with Gasteiger partial charge in [0.1, 0.15) is 5.69 Å². The van der Waals surface area contributed by atoms with Crippen LogP contribution in [0.5, 0.6) is 0 Å². The molecule has 3 N–H and O–H groups in total. The quantitative estimate of drug-likeness (QED) is 0.460. The van der Waals surface area contributed by atoms with Crippen molar-refractivity contribution in [1.82, 2.24) is 9.97 Å². The lowest BCUT2D eigenvalue weighted by Gasteiger charge is -2.10. The maximum Gasteiger partial charge on any atom is 0.256 e. The van der Waals surface area contributed by atoms with Crippen molar-refractivity contribution in [3.05, 3.63) is 108 Å². The number of carbonyl (C=O) groups excluding carboxylic acids is 1. The number of anilines is 2. The van der Waals surface area contributed by atoms with Gasteiger partial charge in [-0.25, -0.2) is 9.97 Å². The molecule has 0 aliphatic rings. The van der Waals surface area contributed by atoms with Crippen molar-refractivity contribution < 1.29 is 4.79 Å². The summed E-state index contributed by atoms with van der Waals surface area (Å²) < 4.78 is 0. The minimum Gasteiger partial charge on any atom is -0.399 e. The molecule has 5 heteroatoms. The first-order chi connectivity index (χ1) is 14.7. The smallest absolute Gasteiger partial charge is 0.256 e. The van der Waals surface area contributed by atoms with Crippen LogP contribution in [0.2, 0.25) is 0 Å². The fraction of sp³-hybridized carbons (Fsp3) is 0. The highest BCUT2D eigenvalue weighted by Gasteiger charge is 2.12. The summed E-state index contributed by atoms with van der Waals surface area (Å²) >= 11 is 0. The Hall–Kier alpha value is -4.25. The fourth-order valence-electron chi connectivity index (χ4n) is 2.92. The van der Waals surface area contributed by atoms with Crippen LogP contribution in [-0.2, 0) is 0 Å². The van der Waals surface area contributed by atoms with E-state index in [1.807, 2.05) is 84.9 Å². The van der Waals surface area contributed by atoms with Crippen molar-refractivity contribution in [1.29, 1.82) is 0 Å². The molecule has 0 saturated carbocycles. The summed E-state index contributed by atoms with van der Waals surface area (Å²) in [5.41, 5.74) is 10.2. The Morgan fingerprint density at radius 1 is 0.833 bits per heavy atom. The fourth-order valence-corrected chi connectivity index (χ4v) is 2.92. The maximum atomic E-state index is 12.6. The first kappa shape index (κ1) is 19.1. The highest BCUT2D eigenvalue weighted by Crippen LogP contribution is 2.22. The van der Waals surface area contributed by atoms with Crippen LogP contribution in [0.15, 0.2) is 91.1 Å². The van der Waals surface area contributed by atoms with Crippen LogP contribution in [0, 0.1) is 0 Å². The molecule has 0 atom stereocenters. The zero-order chi connectivity index (χ0) is 20.8. The molecular weight excluding hydrogens is 372 g/mol. The second kappa shape index (κ2) is 8.84. The highest BCUT2D eigenvalue weighted by molar-refractivity contribution is 6.04. The number of nitrogens with zero attached hydrogens (tertiary/aromatic N) is 2. The molecule has 146 valence electrons. The van der Waals surface area contributed by atoms with Crippen molar-refractivity contribution in [3.63, 3.8) is 0 Å². The number of hydrogen-bond acceptors (Lipinski definition) is 4. The van der Waals surface area contributed by atoms with Gasteiger partial charge in [0.25, 0.3) is 5.91 Å². The van der Waals surface area contributed by atoms with E-state index in [1.165, 1.54) is 0 Å². The second-order valence-electron chi connectivity index (χ2n) is 6.68. The van der Waals surface area contributed by atoms with Crippen molar-refractivity contribution in [2.75, 3.05) is 11.1 Å². The van der Waals surface area contributed by atoms with Crippen LogP contribution in [0.25, 0.3) is 23.4 Å². The topological polar surface area (TPSA) is 80.9 Å². The maximum absolute atomic E-state index is 12.6. The number of nitrogens with one attached hydrogen (secondary N) is 1. The van der Waals surface area contributed by atoms with Crippen LogP contribution >= 0.6 is 0 Å². The van der Waals surface area contributed by atoms with Gasteiger partial charge in [0, 0.05) is 16.8 Å². The summed E-state index contributed by atoms with van der Waals surface area (Å²) in [5.74, 6) is 0.162. The standard InChI is InChI=1S/C25H20N4O/c26-21-14-12-19(13-15-21)23-17-27-24(29-25(30)20-9-5-2-6-10-20)22(28-23)16-11-18-7-3-1-4-8-18/h1-17H,26H2,(H,27,29,30). The molecule has 0 bridgehead atoms. The lowest BCUT2D eigenvalue weighted by atomic mass is 10.1. The van der Waals surface area contributed by atoms with Crippen molar-refractivity contribution in [3.8, 4) is 11.3 Å². The average Bonchev–Trinajstić information content (AvgIpc) is 2.80. The Morgan fingerprint density at radius 2 is 1.50 bits per heavy atom. The first-order valence-corrected chi connectivity index (χ1v) is 9.51. The van der Waals surface area contributed by atoms with Gasteiger partial charge in [-0.15, -0.1) is 0 Å². The van der Waals surface area contributed by atoms with Gasteiger partial charge in [-0.3, -0.25) is 4.79 Å². The van der Waals surface area contributed by atoms with Gasteiger partial charge in [-0.2, -0.15) is 0 Å². The van der Waals surface area contributed by atoms with E-state index in [9.17, 15) is 4.79 Å². The largest absolute Gasteiger partial charge is 0.399 e. The summed E-state index contributed by atoms with van der Waals surface area (Å²) in [5, 5.41) is 2.87. The Kier molecular flexibility index (Phi) is 5.62. The van der Waals surface area contributed by atoms with E-state index in [2.05, 4.69) is 10.3 Å². The van der Waals surface area contributed by atoms with Crippen LogP contribution in [0.4, 0.5) is 11.5 Å². The summed E-state index contributed by atoms with van der Waals surface area (Å²) in [6.07, 6.45) is 5.44. The molecular formula is C25H20N4O. The minimum absolute atomic E-state index is 0.237. The summed E-state index contributed by atoms with van der Waals surface area (Å²) in [7, 11) is 0.